The van der Waals surface area contributed by atoms with Crippen molar-refractivity contribution < 1.29 is 9.53 Å². The summed E-state index contributed by atoms with van der Waals surface area (Å²) in [4.78, 5) is 29.9. The van der Waals surface area contributed by atoms with Crippen LogP contribution in [0.3, 0.4) is 0 Å². The molecule has 0 saturated carbocycles. The molecule has 5 nitrogen and oxygen atoms in total. The molecule has 0 fully saturated rings. The van der Waals surface area contributed by atoms with Crippen LogP contribution in [-0.2, 0) is 21.5 Å². The number of hydrogen-bond donors (Lipinski definition) is 0. The highest BCUT2D eigenvalue weighted by Gasteiger charge is 2.21. The number of carbonyl (C=O) groups excluding carboxylic acids is 1. The quantitative estimate of drug-likeness (QED) is 0.764. The van der Waals surface area contributed by atoms with Crippen LogP contribution in [0.25, 0.3) is 6.08 Å². The molecule has 0 saturated heterocycles. The zero-order valence-corrected chi connectivity index (χ0v) is 17.1. The SMILES string of the molecule is CCOC(=O)C1=C(C)N=c2s/c(=C\c3ccc(C(C)(C)C)cc3)c(=O)n2C1. The second-order valence-electron chi connectivity index (χ2n) is 7.55. The van der Waals surface area contributed by atoms with Gasteiger partial charge in [0.25, 0.3) is 5.56 Å². The second-order valence-corrected chi connectivity index (χ2v) is 8.56. The second kappa shape index (κ2) is 7.27. The van der Waals surface area contributed by atoms with Crippen LogP contribution in [0.5, 0.6) is 0 Å². The normalized spacial score (nSPS) is 14.8. The number of rotatable bonds is 3. The fourth-order valence-electron chi connectivity index (χ4n) is 2.88. The van der Waals surface area contributed by atoms with E-state index in [1.54, 1.807) is 18.4 Å². The molecule has 0 bridgehead atoms. The van der Waals surface area contributed by atoms with E-state index in [1.807, 2.05) is 18.2 Å². The highest BCUT2D eigenvalue weighted by atomic mass is 32.1. The van der Waals surface area contributed by atoms with Gasteiger partial charge in [-0.2, -0.15) is 0 Å². The summed E-state index contributed by atoms with van der Waals surface area (Å²) in [6.45, 7) is 10.5. The van der Waals surface area contributed by atoms with Crippen molar-refractivity contribution in [3.63, 3.8) is 0 Å². The molecular formula is C21H24N2O3S. The van der Waals surface area contributed by atoms with Gasteiger partial charge in [0, 0.05) is 0 Å². The molecule has 27 heavy (non-hydrogen) atoms. The Bertz CT molecular complexity index is 1080. The van der Waals surface area contributed by atoms with Crippen molar-refractivity contribution in [1.29, 1.82) is 0 Å². The van der Waals surface area contributed by atoms with Crippen LogP contribution in [0.4, 0.5) is 0 Å². The summed E-state index contributed by atoms with van der Waals surface area (Å²) in [5.74, 6) is -0.411. The molecule has 1 aromatic heterocycles. The number of esters is 1. The summed E-state index contributed by atoms with van der Waals surface area (Å²) < 4.78 is 7.22. The van der Waals surface area contributed by atoms with E-state index in [0.717, 1.165) is 5.56 Å². The van der Waals surface area contributed by atoms with Gasteiger partial charge < -0.3 is 4.74 Å². The highest BCUT2D eigenvalue weighted by Crippen LogP contribution is 2.22. The number of carbonyl (C=O) groups is 1. The largest absolute Gasteiger partial charge is 0.463 e. The van der Waals surface area contributed by atoms with Gasteiger partial charge in [-0.1, -0.05) is 56.4 Å². The topological polar surface area (TPSA) is 60.7 Å². The minimum absolute atomic E-state index is 0.0890. The molecule has 3 rings (SSSR count). The first kappa shape index (κ1) is 19.3. The first-order chi connectivity index (χ1) is 12.7. The Morgan fingerprint density at radius 1 is 1.30 bits per heavy atom. The summed E-state index contributed by atoms with van der Waals surface area (Å²) in [5, 5.41) is 0. The Labute approximate surface area is 162 Å². The number of fused-ring (bicyclic) bond motifs is 1. The zero-order valence-electron chi connectivity index (χ0n) is 16.3. The lowest BCUT2D eigenvalue weighted by Gasteiger charge is -2.18. The molecule has 0 radical (unpaired) electrons. The van der Waals surface area contributed by atoms with Gasteiger partial charge in [-0.05, 0) is 36.5 Å². The number of allylic oxidation sites excluding steroid dienone is 1. The van der Waals surface area contributed by atoms with Crippen LogP contribution < -0.4 is 14.9 Å². The Morgan fingerprint density at radius 3 is 2.56 bits per heavy atom. The minimum atomic E-state index is -0.411. The van der Waals surface area contributed by atoms with Gasteiger partial charge in [0.1, 0.15) is 0 Å². The zero-order chi connectivity index (χ0) is 19.8. The maximum absolute atomic E-state index is 12.8. The molecule has 1 aliphatic heterocycles. The number of aromatic nitrogens is 1. The van der Waals surface area contributed by atoms with Crippen molar-refractivity contribution >= 4 is 23.4 Å². The van der Waals surface area contributed by atoms with Crippen molar-refractivity contribution in [2.24, 2.45) is 4.99 Å². The lowest BCUT2D eigenvalue weighted by molar-refractivity contribution is -0.138. The summed E-state index contributed by atoms with van der Waals surface area (Å²) >= 11 is 1.34. The summed E-state index contributed by atoms with van der Waals surface area (Å²) in [5.41, 5.74) is 3.21. The minimum Gasteiger partial charge on any atom is -0.463 e. The van der Waals surface area contributed by atoms with E-state index in [4.69, 9.17) is 4.74 Å². The highest BCUT2D eigenvalue weighted by molar-refractivity contribution is 7.07. The molecular weight excluding hydrogens is 360 g/mol. The van der Waals surface area contributed by atoms with Crippen molar-refractivity contribution in [1.82, 2.24) is 4.57 Å². The number of thiazole rings is 1. The van der Waals surface area contributed by atoms with Gasteiger partial charge in [-0.3, -0.25) is 9.36 Å². The van der Waals surface area contributed by atoms with Gasteiger partial charge in [0.05, 0.1) is 29.0 Å². The van der Waals surface area contributed by atoms with Crippen molar-refractivity contribution in [3.8, 4) is 0 Å². The van der Waals surface area contributed by atoms with Crippen molar-refractivity contribution in [2.45, 2.75) is 46.6 Å². The van der Waals surface area contributed by atoms with Crippen LogP contribution >= 0.6 is 11.3 Å². The monoisotopic (exact) mass is 384 g/mol. The average molecular weight is 385 g/mol. The van der Waals surface area contributed by atoms with E-state index in [9.17, 15) is 9.59 Å². The van der Waals surface area contributed by atoms with E-state index in [-0.39, 0.29) is 17.5 Å². The van der Waals surface area contributed by atoms with Crippen molar-refractivity contribution in [3.05, 3.63) is 66.4 Å². The third-order valence-corrected chi connectivity index (χ3v) is 5.51. The van der Waals surface area contributed by atoms with Gasteiger partial charge in [0.2, 0.25) is 0 Å². The molecule has 2 heterocycles. The van der Waals surface area contributed by atoms with Gasteiger partial charge in [-0.15, -0.1) is 0 Å². The Morgan fingerprint density at radius 2 is 1.96 bits per heavy atom. The maximum Gasteiger partial charge on any atom is 0.337 e. The van der Waals surface area contributed by atoms with E-state index >= 15 is 0 Å². The molecule has 1 aromatic carbocycles. The van der Waals surface area contributed by atoms with E-state index < -0.39 is 5.97 Å². The molecule has 0 unspecified atom stereocenters. The number of benzene rings is 1. The third kappa shape index (κ3) is 3.95. The Hall–Kier alpha value is -2.47. The summed E-state index contributed by atoms with van der Waals surface area (Å²) in [6.07, 6.45) is 1.87. The smallest absolute Gasteiger partial charge is 0.337 e. The van der Waals surface area contributed by atoms with E-state index in [0.29, 0.717) is 27.2 Å². The van der Waals surface area contributed by atoms with Crippen LogP contribution in [-0.4, -0.2) is 17.1 Å². The lowest BCUT2D eigenvalue weighted by atomic mass is 9.87. The van der Waals surface area contributed by atoms with Crippen molar-refractivity contribution in [2.75, 3.05) is 6.61 Å². The van der Waals surface area contributed by atoms with Crippen LogP contribution in [0.1, 0.15) is 45.7 Å². The number of hydrogen-bond acceptors (Lipinski definition) is 5. The molecule has 142 valence electrons. The van der Waals surface area contributed by atoms with Crippen LogP contribution in [0.2, 0.25) is 0 Å². The molecule has 0 atom stereocenters. The van der Waals surface area contributed by atoms with Crippen LogP contribution in [0, 0.1) is 0 Å². The van der Waals surface area contributed by atoms with E-state index in [2.05, 4.69) is 37.9 Å². The summed E-state index contributed by atoms with van der Waals surface area (Å²) in [6, 6.07) is 8.22. The van der Waals surface area contributed by atoms with E-state index in [1.165, 1.54) is 16.9 Å². The van der Waals surface area contributed by atoms with Gasteiger partial charge in [0.15, 0.2) is 4.80 Å². The predicted molar refractivity (Wildman–Crippen MR) is 107 cm³/mol. The molecule has 6 heteroatoms. The fraction of sp³-hybridized carbons (Fsp3) is 0.381. The molecule has 0 spiro atoms. The molecule has 0 aliphatic carbocycles. The predicted octanol–water partition coefficient (Wildman–Crippen LogP) is 2.51. The first-order valence-electron chi connectivity index (χ1n) is 8.98. The van der Waals surface area contributed by atoms with Crippen LogP contribution in [0.15, 0.2) is 45.3 Å². The molecule has 0 amide bonds. The average Bonchev–Trinajstić information content (AvgIpc) is 2.89. The fourth-order valence-corrected chi connectivity index (χ4v) is 3.90. The Balaban J connectivity index is 1.98. The summed E-state index contributed by atoms with van der Waals surface area (Å²) in [7, 11) is 0. The maximum atomic E-state index is 12.8. The molecule has 1 aliphatic rings. The lowest BCUT2D eigenvalue weighted by Crippen LogP contribution is -2.35. The Kier molecular flexibility index (Phi) is 5.20. The first-order valence-corrected chi connectivity index (χ1v) is 9.80. The number of ether oxygens (including phenoxy) is 1. The standard InChI is InChI=1S/C21H24N2O3S/c1-6-26-19(25)16-12-23-18(24)17(27-20(23)22-13(16)2)11-14-7-9-15(10-8-14)21(3,4)5/h7-11H,6,12H2,1-5H3/b17-11-. The molecule has 2 aromatic rings. The van der Waals surface area contributed by atoms with Gasteiger partial charge in [-0.25, -0.2) is 9.79 Å². The molecule has 0 N–H and O–H groups in total. The number of nitrogens with zero attached hydrogens (tertiary/aromatic N) is 2. The van der Waals surface area contributed by atoms with Gasteiger partial charge >= 0.3 is 5.97 Å². The third-order valence-electron chi connectivity index (χ3n) is 4.50.